The number of aliphatic hydroxyl groups excluding tert-OH is 1. The average molecular weight is 215 g/mol. The summed E-state index contributed by atoms with van der Waals surface area (Å²) >= 11 is 1.88. The third-order valence-electron chi connectivity index (χ3n) is 3.27. The van der Waals surface area contributed by atoms with E-state index in [-0.39, 0.29) is 18.4 Å². The fourth-order valence-corrected chi connectivity index (χ4v) is 2.84. The van der Waals surface area contributed by atoms with Gasteiger partial charge in [-0.25, -0.2) is 0 Å². The molecular formula is C10H17NO2S. The van der Waals surface area contributed by atoms with Crippen molar-refractivity contribution in [3.05, 3.63) is 0 Å². The van der Waals surface area contributed by atoms with Gasteiger partial charge in [-0.1, -0.05) is 0 Å². The molecule has 1 heterocycles. The van der Waals surface area contributed by atoms with E-state index in [1.807, 2.05) is 16.7 Å². The van der Waals surface area contributed by atoms with Gasteiger partial charge in [0.2, 0.25) is 5.91 Å². The minimum absolute atomic E-state index is 0.147. The Morgan fingerprint density at radius 3 is 2.79 bits per heavy atom. The second-order valence-electron chi connectivity index (χ2n) is 4.41. The summed E-state index contributed by atoms with van der Waals surface area (Å²) in [4.78, 5) is 13.5. The van der Waals surface area contributed by atoms with E-state index in [4.69, 9.17) is 5.11 Å². The van der Waals surface area contributed by atoms with Crippen molar-refractivity contribution in [2.75, 3.05) is 26.0 Å². The largest absolute Gasteiger partial charge is 0.396 e. The molecule has 1 aliphatic carbocycles. The lowest BCUT2D eigenvalue weighted by Crippen LogP contribution is -2.33. The van der Waals surface area contributed by atoms with E-state index in [0.717, 1.165) is 13.1 Å². The van der Waals surface area contributed by atoms with Crippen LogP contribution in [0.3, 0.4) is 0 Å². The van der Waals surface area contributed by atoms with Crippen LogP contribution in [0.25, 0.3) is 0 Å². The molecule has 1 N–H and O–H groups in total. The van der Waals surface area contributed by atoms with E-state index in [0.29, 0.717) is 11.2 Å². The molecule has 2 aliphatic rings. The molecule has 1 unspecified atom stereocenters. The highest BCUT2D eigenvalue weighted by atomic mass is 32.2. The van der Waals surface area contributed by atoms with Crippen molar-refractivity contribution >= 4 is 17.7 Å². The normalized spacial score (nSPS) is 29.7. The van der Waals surface area contributed by atoms with Crippen LogP contribution in [0, 0.1) is 5.92 Å². The quantitative estimate of drug-likeness (QED) is 0.751. The van der Waals surface area contributed by atoms with E-state index < -0.39 is 0 Å². The van der Waals surface area contributed by atoms with Gasteiger partial charge in [-0.05, 0) is 19.1 Å². The van der Waals surface area contributed by atoms with E-state index in [1.165, 1.54) is 12.8 Å². The standard InChI is InChI=1S/C10H17NO2S/c1-14-10(2-3-10)7-11-5-8(6-12)4-9(11)13/h8,12H,2-7H2,1H3. The molecule has 4 heteroatoms. The Bertz CT molecular complexity index is 240. The van der Waals surface area contributed by atoms with Gasteiger partial charge in [0.15, 0.2) is 0 Å². The number of carbonyl (C=O) groups excluding carboxylic acids is 1. The molecule has 2 rings (SSSR count). The number of carbonyl (C=O) groups is 1. The fourth-order valence-electron chi connectivity index (χ4n) is 2.04. The maximum Gasteiger partial charge on any atom is 0.223 e. The zero-order valence-electron chi connectivity index (χ0n) is 8.53. The van der Waals surface area contributed by atoms with E-state index in [2.05, 4.69) is 6.26 Å². The van der Waals surface area contributed by atoms with Gasteiger partial charge in [0.1, 0.15) is 0 Å². The van der Waals surface area contributed by atoms with Gasteiger partial charge >= 0.3 is 0 Å². The highest BCUT2D eigenvalue weighted by Crippen LogP contribution is 2.48. The molecule has 3 nitrogen and oxygen atoms in total. The molecule has 1 aliphatic heterocycles. The maximum absolute atomic E-state index is 11.6. The topological polar surface area (TPSA) is 40.5 Å². The summed E-state index contributed by atoms with van der Waals surface area (Å²) in [6.07, 6.45) is 5.14. The summed E-state index contributed by atoms with van der Waals surface area (Å²) in [5.41, 5.74) is 0. The second-order valence-corrected chi connectivity index (χ2v) is 5.69. The van der Waals surface area contributed by atoms with Crippen LogP contribution in [0.2, 0.25) is 0 Å². The average Bonchev–Trinajstić information content (AvgIpc) is 2.87. The summed E-state index contributed by atoms with van der Waals surface area (Å²) in [7, 11) is 0. The molecule has 0 aromatic heterocycles. The SMILES string of the molecule is CSC1(CN2CC(CO)CC2=O)CC1. The number of hydrogen-bond acceptors (Lipinski definition) is 3. The molecule has 14 heavy (non-hydrogen) atoms. The molecule has 80 valence electrons. The second kappa shape index (κ2) is 3.74. The Morgan fingerprint density at radius 2 is 2.36 bits per heavy atom. The van der Waals surface area contributed by atoms with Crippen LogP contribution in [-0.4, -0.2) is 46.6 Å². The molecule has 1 amide bonds. The lowest BCUT2D eigenvalue weighted by Gasteiger charge is -2.22. The number of aliphatic hydroxyl groups is 1. The van der Waals surface area contributed by atoms with Crippen molar-refractivity contribution in [2.45, 2.75) is 24.0 Å². The van der Waals surface area contributed by atoms with Crippen LogP contribution in [0.15, 0.2) is 0 Å². The molecule has 0 radical (unpaired) electrons. The predicted octanol–water partition coefficient (Wildman–Crippen LogP) is 0.723. The van der Waals surface area contributed by atoms with E-state index in [1.54, 1.807) is 0 Å². The number of amides is 1. The Morgan fingerprint density at radius 1 is 1.64 bits per heavy atom. The number of likely N-dealkylation sites (tertiary alicyclic amines) is 1. The molecule has 0 aromatic rings. The first kappa shape index (κ1) is 10.3. The van der Waals surface area contributed by atoms with Crippen molar-refractivity contribution in [1.29, 1.82) is 0 Å². The Labute approximate surface area is 88.9 Å². The molecule has 0 aromatic carbocycles. The lowest BCUT2D eigenvalue weighted by molar-refractivity contribution is -0.127. The number of nitrogens with zero attached hydrogens (tertiary/aromatic N) is 1. The van der Waals surface area contributed by atoms with Crippen molar-refractivity contribution in [2.24, 2.45) is 5.92 Å². The summed E-state index contributed by atoms with van der Waals surface area (Å²) in [5, 5.41) is 8.99. The zero-order valence-corrected chi connectivity index (χ0v) is 9.35. The first-order valence-corrected chi connectivity index (χ1v) is 6.35. The van der Waals surface area contributed by atoms with Crippen LogP contribution in [0.5, 0.6) is 0 Å². The highest BCUT2D eigenvalue weighted by Gasteiger charge is 2.45. The van der Waals surface area contributed by atoms with E-state index in [9.17, 15) is 4.79 Å². The van der Waals surface area contributed by atoms with Crippen molar-refractivity contribution < 1.29 is 9.90 Å². The molecule has 2 fully saturated rings. The number of rotatable bonds is 4. The molecule has 1 saturated carbocycles. The fraction of sp³-hybridized carbons (Fsp3) is 0.900. The summed E-state index contributed by atoms with van der Waals surface area (Å²) in [5.74, 6) is 0.407. The first-order chi connectivity index (χ1) is 6.69. The monoisotopic (exact) mass is 215 g/mol. The van der Waals surface area contributed by atoms with Crippen molar-refractivity contribution in [3.63, 3.8) is 0 Å². The maximum atomic E-state index is 11.6. The van der Waals surface area contributed by atoms with Crippen LogP contribution in [-0.2, 0) is 4.79 Å². The predicted molar refractivity (Wildman–Crippen MR) is 57.3 cm³/mol. The van der Waals surface area contributed by atoms with Gasteiger partial charge in [0.25, 0.3) is 0 Å². The van der Waals surface area contributed by atoms with Crippen LogP contribution in [0.1, 0.15) is 19.3 Å². The Kier molecular flexibility index (Phi) is 2.75. The minimum Gasteiger partial charge on any atom is -0.396 e. The smallest absolute Gasteiger partial charge is 0.223 e. The minimum atomic E-state index is 0.147. The van der Waals surface area contributed by atoms with Gasteiger partial charge in [0.05, 0.1) is 0 Å². The van der Waals surface area contributed by atoms with Crippen LogP contribution >= 0.6 is 11.8 Å². The van der Waals surface area contributed by atoms with Gasteiger partial charge in [-0.15, -0.1) is 0 Å². The Balaban J connectivity index is 1.89. The molecule has 1 atom stereocenters. The third-order valence-corrected chi connectivity index (χ3v) is 4.68. The van der Waals surface area contributed by atoms with Gasteiger partial charge < -0.3 is 10.0 Å². The van der Waals surface area contributed by atoms with Gasteiger partial charge in [-0.3, -0.25) is 4.79 Å². The van der Waals surface area contributed by atoms with Gasteiger partial charge in [0, 0.05) is 36.8 Å². The highest BCUT2D eigenvalue weighted by molar-refractivity contribution is 8.00. The molecule has 1 saturated heterocycles. The van der Waals surface area contributed by atoms with Crippen LogP contribution < -0.4 is 0 Å². The van der Waals surface area contributed by atoms with Gasteiger partial charge in [-0.2, -0.15) is 11.8 Å². The summed E-state index contributed by atoms with van der Waals surface area (Å²) < 4.78 is 0.361. The zero-order chi connectivity index (χ0) is 10.2. The summed E-state index contributed by atoms with van der Waals surface area (Å²) in [6, 6.07) is 0. The lowest BCUT2D eigenvalue weighted by atomic mass is 10.1. The Hall–Kier alpha value is -0.220. The molecule has 0 spiro atoms. The first-order valence-electron chi connectivity index (χ1n) is 5.13. The number of hydrogen-bond donors (Lipinski definition) is 1. The summed E-state index contributed by atoms with van der Waals surface area (Å²) in [6.45, 7) is 1.80. The molecule has 0 bridgehead atoms. The van der Waals surface area contributed by atoms with Crippen molar-refractivity contribution in [3.8, 4) is 0 Å². The number of thioether (sulfide) groups is 1. The third kappa shape index (κ3) is 1.91. The van der Waals surface area contributed by atoms with E-state index >= 15 is 0 Å². The van der Waals surface area contributed by atoms with Crippen LogP contribution in [0.4, 0.5) is 0 Å². The van der Waals surface area contributed by atoms with Crippen molar-refractivity contribution in [1.82, 2.24) is 4.90 Å². The molecular weight excluding hydrogens is 198 g/mol.